The van der Waals surface area contributed by atoms with Gasteiger partial charge in [-0.3, -0.25) is 0 Å². The van der Waals surface area contributed by atoms with E-state index in [4.69, 9.17) is 11.0 Å². The van der Waals surface area contributed by atoms with E-state index in [0.717, 1.165) is 13.2 Å². The summed E-state index contributed by atoms with van der Waals surface area (Å²) in [5.41, 5.74) is 5.07. The summed E-state index contributed by atoms with van der Waals surface area (Å²) in [7, 11) is 1.11. The van der Waals surface area contributed by atoms with Crippen LogP contribution in [-0.2, 0) is 0 Å². The Morgan fingerprint density at radius 1 is 1.50 bits per heavy atom. The molecule has 1 rings (SSSR count). The number of halogens is 3. The minimum atomic E-state index is -4.89. The van der Waals surface area contributed by atoms with E-state index in [0.29, 0.717) is 0 Å². The summed E-state index contributed by atoms with van der Waals surface area (Å²) in [6.07, 6.45) is -4.89. The van der Waals surface area contributed by atoms with Crippen molar-refractivity contribution >= 4 is 5.82 Å². The molecule has 0 aliphatic carbocycles. The van der Waals surface area contributed by atoms with Crippen molar-refractivity contribution < 1.29 is 22.6 Å². The highest BCUT2D eigenvalue weighted by Gasteiger charge is 2.33. The van der Waals surface area contributed by atoms with Crippen LogP contribution in [0.1, 0.15) is 5.56 Å². The maximum absolute atomic E-state index is 12.0. The fourth-order valence-electron chi connectivity index (χ4n) is 0.925. The highest BCUT2D eigenvalue weighted by atomic mass is 19.4. The summed E-state index contributed by atoms with van der Waals surface area (Å²) in [4.78, 5) is 3.45. The van der Waals surface area contributed by atoms with Crippen molar-refractivity contribution in [2.75, 3.05) is 12.8 Å². The molecule has 1 heterocycles. The lowest BCUT2D eigenvalue weighted by Gasteiger charge is -2.12. The van der Waals surface area contributed by atoms with Crippen LogP contribution in [0.4, 0.5) is 19.0 Å². The Balaban J connectivity index is 3.21. The smallest absolute Gasteiger partial charge is 0.478 e. The second kappa shape index (κ2) is 4.14. The number of anilines is 1. The molecule has 0 atom stereocenters. The van der Waals surface area contributed by atoms with Gasteiger partial charge in [0.15, 0.2) is 5.75 Å². The average molecular weight is 233 g/mol. The van der Waals surface area contributed by atoms with Crippen molar-refractivity contribution in [1.82, 2.24) is 4.98 Å². The van der Waals surface area contributed by atoms with Gasteiger partial charge in [-0.2, -0.15) is 10.2 Å². The van der Waals surface area contributed by atoms with Crippen LogP contribution >= 0.6 is 0 Å². The van der Waals surface area contributed by atoms with Crippen LogP contribution in [0.15, 0.2) is 6.07 Å². The van der Waals surface area contributed by atoms with E-state index >= 15 is 0 Å². The Bertz CT molecular complexity index is 439. The summed E-state index contributed by atoms with van der Waals surface area (Å²) in [6.45, 7) is 0. The Kier molecular flexibility index (Phi) is 3.08. The molecule has 0 aliphatic rings. The normalized spacial score (nSPS) is 10.7. The maximum Gasteiger partial charge on any atom is 0.573 e. The molecule has 86 valence electrons. The van der Waals surface area contributed by atoms with Crippen molar-refractivity contribution in [1.29, 1.82) is 5.26 Å². The molecule has 0 amide bonds. The van der Waals surface area contributed by atoms with Gasteiger partial charge in [0, 0.05) is 6.07 Å². The number of hydrogen-bond donors (Lipinski definition) is 1. The predicted octanol–water partition coefficient (Wildman–Crippen LogP) is 1.44. The van der Waals surface area contributed by atoms with Crippen LogP contribution in [0.2, 0.25) is 0 Å². The number of nitrogens with zero attached hydrogens (tertiary/aromatic N) is 2. The quantitative estimate of drug-likeness (QED) is 0.835. The summed E-state index contributed by atoms with van der Waals surface area (Å²) >= 11 is 0. The number of nitriles is 1. The second-order valence-electron chi connectivity index (χ2n) is 2.59. The van der Waals surface area contributed by atoms with Gasteiger partial charge in [0.05, 0.1) is 12.7 Å². The second-order valence-corrected chi connectivity index (χ2v) is 2.59. The van der Waals surface area contributed by atoms with Gasteiger partial charge in [-0.25, -0.2) is 0 Å². The van der Waals surface area contributed by atoms with Crippen molar-refractivity contribution in [2.45, 2.75) is 6.36 Å². The molecule has 0 fully saturated rings. The standard InChI is InChI=1S/C8H6F3N3O2/c1-15-7-5(16-8(9,10)11)2-4(3-12)6(13)14-7/h2H,1H3,(H2,13,14). The molecule has 0 aromatic carbocycles. The SMILES string of the molecule is COc1nc(N)c(C#N)cc1OC(F)(F)F. The summed E-state index contributed by atoms with van der Waals surface area (Å²) < 4.78 is 44.1. The molecule has 2 N–H and O–H groups in total. The highest BCUT2D eigenvalue weighted by Crippen LogP contribution is 2.32. The number of hydrogen-bond acceptors (Lipinski definition) is 5. The number of methoxy groups -OCH3 is 1. The van der Waals surface area contributed by atoms with Gasteiger partial charge in [-0.1, -0.05) is 0 Å². The van der Waals surface area contributed by atoms with Crippen molar-refractivity contribution in [2.24, 2.45) is 0 Å². The molecule has 1 aromatic rings. The molecule has 8 heteroatoms. The van der Waals surface area contributed by atoms with Gasteiger partial charge in [-0.15, -0.1) is 13.2 Å². The average Bonchev–Trinajstić information content (AvgIpc) is 2.18. The van der Waals surface area contributed by atoms with Crippen LogP contribution in [0, 0.1) is 11.3 Å². The van der Waals surface area contributed by atoms with Crippen molar-refractivity contribution in [3.63, 3.8) is 0 Å². The first-order chi connectivity index (χ1) is 7.37. The number of aromatic nitrogens is 1. The number of nitrogen functional groups attached to an aromatic ring is 1. The number of ether oxygens (including phenoxy) is 2. The zero-order chi connectivity index (χ0) is 12.3. The molecule has 0 saturated heterocycles. The molecular formula is C8H6F3N3O2. The lowest BCUT2D eigenvalue weighted by molar-refractivity contribution is -0.275. The summed E-state index contributed by atoms with van der Waals surface area (Å²) in [5, 5.41) is 8.56. The zero-order valence-corrected chi connectivity index (χ0v) is 8.00. The van der Waals surface area contributed by atoms with Gasteiger partial charge in [0.2, 0.25) is 0 Å². The maximum atomic E-state index is 12.0. The number of pyridine rings is 1. The van der Waals surface area contributed by atoms with Crippen LogP contribution in [0.5, 0.6) is 11.6 Å². The largest absolute Gasteiger partial charge is 0.573 e. The van der Waals surface area contributed by atoms with Crippen molar-refractivity contribution in [3.8, 4) is 17.7 Å². The number of nitrogens with two attached hydrogens (primary N) is 1. The van der Waals surface area contributed by atoms with Gasteiger partial charge < -0.3 is 15.2 Å². The third kappa shape index (κ3) is 2.66. The molecule has 0 radical (unpaired) electrons. The Morgan fingerprint density at radius 3 is 2.56 bits per heavy atom. The first-order valence-corrected chi connectivity index (χ1v) is 3.87. The molecule has 0 spiro atoms. The zero-order valence-electron chi connectivity index (χ0n) is 8.00. The van der Waals surface area contributed by atoms with Gasteiger partial charge in [0.25, 0.3) is 5.88 Å². The lowest BCUT2D eigenvalue weighted by atomic mass is 10.2. The molecule has 0 aliphatic heterocycles. The lowest BCUT2D eigenvalue weighted by Crippen LogP contribution is -2.18. The van der Waals surface area contributed by atoms with Crippen LogP contribution in [-0.4, -0.2) is 18.5 Å². The molecule has 0 saturated carbocycles. The van der Waals surface area contributed by atoms with Gasteiger partial charge in [-0.05, 0) is 0 Å². The van der Waals surface area contributed by atoms with E-state index in [2.05, 4.69) is 14.5 Å². The van der Waals surface area contributed by atoms with Gasteiger partial charge in [0.1, 0.15) is 11.9 Å². The molecule has 0 bridgehead atoms. The third-order valence-electron chi connectivity index (χ3n) is 1.52. The molecule has 0 unspecified atom stereocenters. The topological polar surface area (TPSA) is 81.2 Å². The van der Waals surface area contributed by atoms with E-state index in [9.17, 15) is 13.2 Å². The fourth-order valence-corrected chi connectivity index (χ4v) is 0.925. The van der Waals surface area contributed by atoms with E-state index in [-0.39, 0.29) is 11.4 Å². The minimum Gasteiger partial charge on any atom is -0.478 e. The number of rotatable bonds is 2. The minimum absolute atomic E-state index is 0.222. The Hall–Kier alpha value is -2.17. The van der Waals surface area contributed by atoms with Crippen LogP contribution < -0.4 is 15.2 Å². The van der Waals surface area contributed by atoms with Gasteiger partial charge >= 0.3 is 6.36 Å². The fraction of sp³-hybridized carbons (Fsp3) is 0.250. The highest BCUT2D eigenvalue weighted by molar-refractivity contribution is 5.55. The molecule has 16 heavy (non-hydrogen) atoms. The predicted molar refractivity (Wildman–Crippen MR) is 46.6 cm³/mol. The Labute approximate surface area is 88.2 Å². The summed E-state index contributed by atoms with van der Waals surface area (Å²) in [6, 6.07) is 2.40. The van der Waals surface area contributed by atoms with E-state index in [1.165, 1.54) is 0 Å². The number of alkyl halides is 3. The first kappa shape index (κ1) is 11.9. The third-order valence-corrected chi connectivity index (χ3v) is 1.52. The summed E-state index contributed by atoms with van der Waals surface area (Å²) in [5.74, 6) is -1.37. The van der Waals surface area contributed by atoms with Crippen LogP contribution in [0.25, 0.3) is 0 Å². The van der Waals surface area contributed by atoms with E-state index in [1.807, 2.05) is 0 Å². The first-order valence-electron chi connectivity index (χ1n) is 3.87. The van der Waals surface area contributed by atoms with E-state index < -0.39 is 18.0 Å². The molecular weight excluding hydrogens is 227 g/mol. The molecule has 5 nitrogen and oxygen atoms in total. The monoisotopic (exact) mass is 233 g/mol. The Morgan fingerprint density at radius 2 is 2.12 bits per heavy atom. The molecule has 1 aromatic heterocycles. The van der Waals surface area contributed by atoms with Crippen LogP contribution in [0.3, 0.4) is 0 Å². The van der Waals surface area contributed by atoms with Crippen molar-refractivity contribution in [3.05, 3.63) is 11.6 Å². The van der Waals surface area contributed by atoms with E-state index in [1.54, 1.807) is 6.07 Å².